The zero-order valence-electron chi connectivity index (χ0n) is 46.7. The maximum atomic E-state index is 13.2. The number of rotatable bonds is 30. The van der Waals surface area contributed by atoms with Gasteiger partial charge in [-0.15, -0.1) is 0 Å². The number of hydrogen-bond donors (Lipinski definition) is 6. The fraction of sp³-hybridized carbons (Fsp3) is 0.592. The van der Waals surface area contributed by atoms with Gasteiger partial charge in [-0.2, -0.15) is 0 Å². The predicted molar refractivity (Wildman–Crippen MR) is 272 cm³/mol. The van der Waals surface area contributed by atoms with Gasteiger partial charge in [0.2, 0.25) is 23.6 Å². The van der Waals surface area contributed by atoms with Crippen LogP contribution < -0.4 is 31.9 Å². The minimum Gasteiger partial charge on any atom is -0.463 e. The van der Waals surface area contributed by atoms with E-state index in [0.717, 1.165) is 61.5 Å². The van der Waals surface area contributed by atoms with Gasteiger partial charge in [-0.25, -0.2) is 0 Å². The minimum absolute atomic E-state index is 0.171. The van der Waals surface area contributed by atoms with Crippen molar-refractivity contribution >= 4 is 83.2 Å². The summed E-state index contributed by atoms with van der Waals surface area (Å²) in [5.74, 6) is -11.5. The largest absolute Gasteiger partial charge is 0.463 e. The van der Waals surface area contributed by atoms with Crippen LogP contribution in [0.25, 0.3) is 10.4 Å². The van der Waals surface area contributed by atoms with Crippen LogP contribution in [0.1, 0.15) is 81.7 Å². The lowest BCUT2D eigenvalue weighted by Gasteiger charge is -2.44. The molecule has 6 amide bonds. The second-order valence-electron chi connectivity index (χ2n) is 17.8. The Hall–Kier alpha value is -9.05. The zero-order chi connectivity index (χ0) is 62.6. The maximum Gasteiger partial charge on any atom is 0.303 e. The molecule has 0 bridgehead atoms. The van der Waals surface area contributed by atoms with Gasteiger partial charge in [0.15, 0.2) is 49.2 Å². The topological polar surface area (TPSA) is 471 Å². The molecule has 2 aliphatic heterocycles. The fourth-order valence-electron chi connectivity index (χ4n) is 7.67. The number of esters is 8. The Bertz CT molecular complexity index is 2490. The van der Waals surface area contributed by atoms with E-state index in [9.17, 15) is 67.1 Å². The van der Waals surface area contributed by atoms with Gasteiger partial charge in [0.25, 0.3) is 11.8 Å². The Balaban J connectivity index is 1.51. The molecule has 1 aromatic carbocycles. The Morgan fingerprint density at radius 2 is 0.762 bits per heavy atom. The maximum absolute atomic E-state index is 13.2. The summed E-state index contributed by atoms with van der Waals surface area (Å²) in [5, 5.41) is 17.5. The number of amides is 6. The Labute approximate surface area is 477 Å². The Morgan fingerprint density at radius 3 is 1.10 bits per heavy atom. The summed E-state index contributed by atoms with van der Waals surface area (Å²) in [7, 11) is 0. The van der Waals surface area contributed by atoms with Crippen molar-refractivity contribution in [3.63, 3.8) is 0 Å². The fourth-order valence-corrected chi connectivity index (χ4v) is 7.67. The lowest BCUT2D eigenvalue weighted by Crippen LogP contribution is -2.63. The van der Waals surface area contributed by atoms with E-state index in [4.69, 9.17) is 62.4 Å². The number of azide groups is 1. The summed E-state index contributed by atoms with van der Waals surface area (Å²) in [5.41, 5.74) is 8.68. The van der Waals surface area contributed by atoms with Crippen LogP contribution in [-0.4, -0.2) is 210 Å². The monoisotopic (exact) mass is 1200 g/mol. The van der Waals surface area contributed by atoms with E-state index in [0.29, 0.717) is 0 Å². The molecule has 0 saturated carbocycles. The molecule has 0 aromatic heterocycles. The van der Waals surface area contributed by atoms with Gasteiger partial charge < -0.3 is 88.7 Å². The van der Waals surface area contributed by atoms with Crippen molar-refractivity contribution in [3.8, 4) is 0 Å². The van der Waals surface area contributed by atoms with Crippen LogP contribution in [0.3, 0.4) is 0 Å². The van der Waals surface area contributed by atoms with E-state index >= 15 is 0 Å². The van der Waals surface area contributed by atoms with Crippen LogP contribution in [-0.2, 0) is 121 Å². The van der Waals surface area contributed by atoms with Gasteiger partial charge in [0.1, 0.15) is 25.4 Å². The van der Waals surface area contributed by atoms with Gasteiger partial charge in [-0.05, 0) is 29.3 Å². The van der Waals surface area contributed by atoms with Crippen molar-refractivity contribution in [3.05, 3.63) is 45.3 Å². The SMILES string of the molecule is CC(=O)OC[C@H]1O[C@H](OCCNC(=O)CNC(=O)CNC(=O)c2cc(CN=[N+]=[N-])cc(C(=O)NCC(=O)NCC(=O)NCCO[C@H]3O[C@H](COC(C)=O)[C@@H](OC(C)=O)[C@H](OC(C)=O)[C@@H]3OC(C)=O)c2)[C@@H](OC(C)=O)[C@@H](OC(C)=O)[C@@H]1OC(C)=O. The lowest BCUT2D eigenvalue weighted by molar-refractivity contribution is -0.307. The number of benzene rings is 1. The number of nitrogens with zero attached hydrogens (tertiary/aromatic N) is 3. The third kappa shape index (κ3) is 25.0. The molecule has 2 saturated heterocycles. The van der Waals surface area contributed by atoms with Crippen LogP contribution in [0.5, 0.6) is 0 Å². The van der Waals surface area contributed by atoms with Gasteiger partial charge in [0, 0.05) is 84.5 Å². The van der Waals surface area contributed by atoms with E-state index in [2.05, 4.69) is 41.9 Å². The third-order valence-electron chi connectivity index (χ3n) is 10.9. The molecule has 0 radical (unpaired) electrons. The molecule has 10 atom stereocenters. The highest BCUT2D eigenvalue weighted by Gasteiger charge is 2.54. The smallest absolute Gasteiger partial charge is 0.303 e. The summed E-state index contributed by atoms with van der Waals surface area (Å²) >= 11 is 0. The highest BCUT2D eigenvalue weighted by molar-refractivity contribution is 6.02. The first kappa shape index (κ1) is 69.2. The van der Waals surface area contributed by atoms with Crippen molar-refractivity contribution in [2.45, 2.75) is 123 Å². The second-order valence-corrected chi connectivity index (χ2v) is 17.8. The van der Waals surface area contributed by atoms with Crippen LogP contribution in [0.2, 0.25) is 0 Å². The van der Waals surface area contributed by atoms with Crippen molar-refractivity contribution < 1.29 is 124 Å². The molecule has 6 N–H and O–H groups in total. The summed E-state index contributed by atoms with van der Waals surface area (Å²) in [6, 6.07) is 3.63. The number of carbonyl (C=O) groups excluding carboxylic acids is 14. The molecule has 2 fully saturated rings. The average Bonchev–Trinajstić information content (AvgIpc) is 1.34. The molecule has 84 heavy (non-hydrogen) atoms. The summed E-state index contributed by atoms with van der Waals surface area (Å²) in [4.78, 5) is 175. The minimum atomic E-state index is -1.52. The molecule has 2 aliphatic rings. The van der Waals surface area contributed by atoms with Gasteiger partial charge in [-0.3, -0.25) is 67.1 Å². The van der Waals surface area contributed by atoms with E-state index in [1.54, 1.807) is 0 Å². The molecule has 3 rings (SSSR count). The van der Waals surface area contributed by atoms with E-state index < -0.39 is 184 Å². The summed E-state index contributed by atoms with van der Waals surface area (Å²) < 4.78 is 65.0. The average molecular weight is 1200 g/mol. The number of ether oxygens (including phenoxy) is 12. The summed E-state index contributed by atoms with van der Waals surface area (Å²) in [6.07, 6.45) is -14.5. The predicted octanol–water partition coefficient (Wildman–Crippen LogP) is -3.38. The molecular formula is C49H65N9O26. The first-order chi connectivity index (χ1) is 39.7. The van der Waals surface area contributed by atoms with Crippen LogP contribution >= 0.6 is 0 Å². The number of nitrogens with one attached hydrogen (secondary N) is 6. The first-order valence-electron chi connectivity index (χ1n) is 25.3. The van der Waals surface area contributed by atoms with Crippen molar-refractivity contribution in [2.24, 2.45) is 5.11 Å². The summed E-state index contributed by atoms with van der Waals surface area (Å²) in [6.45, 7) is 3.44. The highest BCUT2D eigenvalue weighted by Crippen LogP contribution is 2.31. The number of carbonyl (C=O) groups is 14. The molecule has 462 valence electrons. The van der Waals surface area contributed by atoms with Crippen LogP contribution in [0.4, 0.5) is 0 Å². The van der Waals surface area contributed by atoms with Gasteiger partial charge in [-0.1, -0.05) is 5.11 Å². The first-order valence-corrected chi connectivity index (χ1v) is 25.3. The molecule has 35 heteroatoms. The second kappa shape index (κ2) is 35.1. The Morgan fingerprint density at radius 1 is 0.440 bits per heavy atom. The van der Waals surface area contributed by atoms with E-state index in [1.165, 1.54) is 12.1 Å². The Kier molecular flexibility index (Phi) is 28.9. The molecule has 0 spiro atoms. The van der Waals surface area contributed by atoms with E-state index in [1.807, 2.05) is 0 Å². The van der Waals surface area contributed by atoms with Crippen LogP contribution in [0, 0.1) is 0 Å². The van der Waals surface area contributed by atoms with Gasteiger partial charge >= 0.3 is 47.8 Å². The lowest BCUT2D eigenvalue weighted by atomic mass is 9.98. The third-order valence-corrected chi connectivity index (χ3v) is 10.9. The normalized spacial score (nSPS) is 21.3. The molecule has 2 heterocycles. The van der Waals surface area contributed by atoms with Crippen LogP contribution in [0.15, 0.2) is 23.3 Å². The molecule has 35 nitrogen and oxygen atoms in total. The van der Waals surface area contributed by atoms with Crippen molar-refractivity contribution in [2.75, 3.05) is 65.7 Å². The van der Waals surface area contributed by atoms with Crippen molar-refractivity contribution in [1.29, 1.82) is 0 Å². The zero-order valence-corrected chi connectivity index (χ0v) is 46.7. The highest BCUT2D eigenvalue weighted by atomic mass is 16.7. The molecule has 1 aromatic rings. The molecule has 0 unspecified atom stereocenters. The molecule has 0 aliphatic carbocycles. The van der Waals surface area contributed by atoms with E-state index in [-0.39, 0.29) is 49.5 Å². The van der Waals surface area contributed by atoms with Gasteiger partial charge in [0.05, 0.1) is 45.9 Å². The standard InChI is InChI=1S/C49H65N9O26/c1-23(59)75-21-34-40(77-25(3)61)42(79-27(5)63)44(81-29(7)65)48(83-34)73-11-9-51-36(67)17-53-38(69)19-55-46(71)32-13-31(16-57-58-50)14-33(15-32)47(72)56-20-39(70)54-18-37(68)52-10-12-74-49-45(82-30(8)66)43(80-28(6)64)41(78-26(4)62)35(84-49)22-76-24(2)60/h13-15,34-35,40-45,48-49H,9-12,16-22H2,1-8H3,(H,51,67)(H,52,68)(H,53,69)(H,54,70)(H,55,71)(H,56,72)/t34-,35-,40-,41-,42+,43+,44+,45+,48+,49+/m1/s1. The van der Waals surface area contributed by atoms with Crippen molar-refractivity contribution in [1.82, 2.24) is 31.9 Å². The quantitative estimate of drug-likeness (QED) is 0.0109. The number of hydrogen-bond acceptors (Lipinski definition) is 27. The molecular weight excluding hydrogens is 1130 g/mol.